The number of carbonyl (C=O) groups excluding carboxylic acids is 2. The van der Waals surface area contributed by atoms with Gasteiger partial charge in [0.05, 0.1) is 5.69 Å². The number of H-pyrrole nitrogens is 1. The first-order valence-corrected chi connectivity index (χ1v) is 7.05. The van der Waals surface area contributed by atoms with Crippen molar-refractivity contribution in [2.45, 2.75) is 0 Å². The first-order chi connectivity index (χ1) is 11.5. The molecule has 2 aromatic carbocycles. The van der Waals surface area contributed by atoms with Gasteiger partial charge in [0.2, 0.25) is 5.91 Å². The molecule has 7 heteroatoms. The Hall–Kier alpha value is -3.48. The summed E-state index contributed by atoms with van der Waals surface area (Å²) in [5, 5.41) is 9.32. The van der Waals surface area contributed by atoms with Gasteiger partial charge in [0.1, 0.15) is 11.5 Å². The molecule has 6 nitrogen and oxygen atoms in total. The number of aromatic nitrogens is 2. The molecular weight excluding hydrogens is 311 g/mol. The quantitative estimate of drug-likeness (QED) is 0.687. The Kier molecular flexibility index (Phi) is 4.07. The van der Waals surface area contributed by atoms with Crippen molar-refractivity contribution in [3.63, 3.8) is 0 Å². The van der Waals surface area contributed by atoms with Crippen LogP contribution in [0.2, 0.25) is 0 Å². The smallest absolute Gasteiger partial charge is 0.273 e. The molecular formula is C17H13FN4O2. The van der Waals surface area contributed by atoms with E-state index in [2.05, 4.69) is 15.5 Å². The highest BCUT2D eigenvalue weighted by Gasteiger charge is 2.12. The normalized spacial score (nSPS) is 10.4. The highest BCUT2D eigenvalue weighted by atomic mass is 19.1. The predicted molar refractivity (Wildman–Crippen MR) is 86.9 cm³/mol. The van der Waals surface area contributed by atoms with Crippen molar-refractivity contribution >= 4 is 17.5 Å². The van der Waals surface area contributed by atoms with Gasteiger partial charge in [-0.15, -0.1) is 0 Å². The van der Waals surface area contributed by atoms with Gasteiger partial charge in [-0.25, -0.2) is 4.39 Å². The van der Waals surface area contributed by atoms with Crippen LogP contribution in [0.1, 0.15) is 20.8 Å². The van der Waals surface area contributed by atoms with E-state index in [0.29, 0.717) is 22.5 Å². The second-order valence-corrected chi connectivity index (χ2v) is 5.07. The van der Waals surface area contributed by atoms with Crippen molar-refractivity contribution < 1.29 is 14.0 Å². The van der Waals surface area contributed by atoms with E-state index in [4.69, 9.17) is 5.73 Å². The number of nitrogens with one attached hydrogen (secondary N) is 2. The van der Waals surface area contributed by atoms with Crippen LogP contribution in [0.15, 0.2) is 54.6 Å². The second kappa shape index (κ2) is 6.33. The average Bonchev–Trinajstić information content (AvgIpc) is 3.06. The summed E-state index contributed by atoms with van der Waals surface area (Å²) in [5.41, 5.74) is 7.38. The van der Waals surface area contributed by atoms with Crippen LogP contribution >= 0.6 is 0 Å². The standard InChI is InChI=1S/C17H13FN4O2/c18-12-6-4-10(5-7-12)14-9-15(22-21-14)17(24)20-13-3-1-2-11(8-13)16(19)23/h1-9H,(H2,19,23)(H,20,24)(H,21,22). The monoisotopic (exact) mass is 324 g/mol. The van der Waals surface area contributed by atoms with Gasteiger partial charge in [0.15, 0.2) is 0 Å². The van der Waals surface area contributed by atoms with Crippen LogP contribution in [0, 0.1) is 5.82 Å². The minimum absolute atomic E-state index is 0.235. The van der Waals surface area contributed by atoms with Crippen LogP contribution in [0.5, 0.6) is 0 Å². The van der Waals surface area contributed by atoms with Crippen LogP contribution in [0.3, 0.4) is 0 Å². The zero-order valence-electron chi connectivity index (χ0n) is 12.4. The van der Waals surface area contributed by atoms with E-state index in [9.17, 15) is 14.0 Å². The van der Waals surface area contributed by atoms with E-state index in [1.165, 1.54) is 18.2 Å². The Balaban J connectivity index is 1.77. The van der Waals surface area contributed by atoms with Gasteiger partial charge in [0.25, 0.3) is 5.91 Å². The molecule has 0 unspecified atom stereocenters. The number of aromatic amines is 1. The molecule has 2 amide bonds. The van der Waals surface area contributed by atoms with Crippen LogP contribution in [0.25, 0.3) is 11.3 Å². The molecule has 3 aromatic rings. The molecule has 0 bridgehead atoms. The summed E-state index contributed by atoms with van der Waals surface area (Å²) in [6.07, 6.45) is 0. The number of primary amides is 1. The largest absolute Gasteiger partial charge is 0.366 e. The second-order valence-electron chi connectivity index (χ2n) is 5.07. The molecule has 1 heterocycles. The lowest BCUT2D eigenvalue weighted by Gasteiger charge is -2.04. The Morgan fingerprint density at radius 3 is 2.54 bits per heavy atom. The molecule has 0 aliphatic heterocycles. The highest BCUT2D eigenvalue weighted by molar-refractivity contribution is 6.04. The third-order valence-electron chi connectivity index (χ3n) is 3.37. The zero-order valence-corrected chi connectivity index (χ0v) is 12.4. The summed E-state index contributed by atoms with van der Waals surface area (Å²) in [6.45, 7) is 0. The number of carbonyl (C=O) groups is 2. The topological polar surface area (TPSA) is 101 Å². The molecule has 0 saturated carbocycles. The molecule has 0 radical (unpaired) electrons. The highest BCUT2D eigenvalue weighted by Crippen LogP contribution is 2.19. The van der Waals surface area contributed by atoms with Crippen molar-refractivity contribution in [2.75, 3.05) is 5.32 Å². The zero-order chi connectivity index (χ0) is 17.1. The number of amides is 2. The number of nitrogens with two attached hydrogens (primary N) is 1. The maximum Gasteiger partial charge on any atom is 0.273 e. The van der Waals surface area contributed by atoms with Gasteiger partial charge in [-0.2, -0.15) is 5.10 Å². The fourth-order valence-corrected chi connectivity index (χ4v) is 2.16. The summed E-state index contributed by atoms with van der Waals surface area (Å²) < 4.78 is 12.9. The molecule has 120 valence electrons. The third-order valence-corrected chi connectivity index (χ3v) is 3.37. The van der Waals surface area contributed by atoms with Gasteiger partial charge in [-0.1, -0.05) is 6.07 Å². The van der Waals surface area contributed by atoms with E-state index in [-0.39, 0.29) is 11.5 Å². The van der Waals surface area contributed by atoms with E-state index in [0.717, 1.165) is 0 Å². The molecule has 3 rings (SSSR count). The summed E-state index contributed by atoms with van der Waals surface area (Å²) in [7, 11) is 0. The number of benzene rings is 2. The van der Waals surface area contributed by atoms with Gasteiger partial charge in [-0.05, 0) is 48.5 Å². The van der Waals surface area contributed by atoms with Crippen molar-refractivity contribution in [1.82, 2.24) is 10.2 Å². The maximum atomic E-state index is 12.9. The van der Waals surface area contributed by atoms with Crippen molar-refractivity contribution in [2.24, 2.45) is 5.73 Å². The average molecular weight is 324 g/mol. The minimum Gasteiger partial charge on any atom is -0.366 e. The Bertz CT molecular complexity index is 903. The lowest BCUT2D eigenvalue weighted by Crippen LogP contribution is -2.14. The summed E-state index contributed by atoms with van der Waals surface area (Å²) >= 11 is 0. The van der Waals surface area contributed by atoms with E-state index in [1.807, 2.05) is 0 Å². The van der Waals surface area contributed by atoms with Crippen LogP contribution < -0.4 is 11.1 Å². The molecule has 0 fully saturated rings. The summed E-state index contributed by atoms with van der Waals surface area (Å²) in [6, 6.07) is 13.6. The SMILES string of the molecule is NC(=O)c1cccc(NC(=O)c2cc(-c3ccc(F)cc3)n[nH]2)c1. The Labute approximate surface area is 136 Å². The Morgan fingerprint density at radius 2 is 1.83 bits per heavy atom. The number of anilines is 1. The lowest BCUT2D eigenvalue weighted by molar-refractivity contribution is 0.0995. The van der Waals surface area contributed by atoms with Gasteiger partial charge in [-0.3, -0.25) is 14.7 Å². The van der Waals surface area contributed by atoms with E-state index in [1.54, 1.807) is 36.4 Å². The van der Waals surface area contributed by atoms with E-state index >= 15 is 0 Å². The number of halogens is 1. The van der Waals surface area contributed by atoms with Crippen LogP contribution in [-0.4, -0.2) is 22.0 Å². The van der Waals surface area contributed by atoms with Crippen LogP contribution in [-0.2, 0) is 0 Å². The molecule has 0 aliphatic carbocycles. The third kappa shape index (κ3) is 3.30. The fraction of sp³-hybridized carbons (Fsp3) is 0. The molecule has 24 heavy (non-hydrogen) atoms. The predicted octanol–water partition coefficient (Wildman–Crippen LogP) is 2.57. The van der Waals surface area contributed by atoms with Gasteiger partial charge >= 0.3 is 0 Å². The van der Waals surface area contributed by atoms with Crippen LogP contribution in [0.4, 0.5) is 10.1 Å². The Morgan fingerprint density at radius 1 is 1.08 bits per heavy atom. The maximum absolute atomic E-state index is 12.9. The lowest BCUT2D eigenvalue weighted by atomic mass is 10.1. The summed E-state index contributed by atoms with van der Waals surface area (Å²) in [4.78, 5) is 23.4. The summed E-state index contributed by atoms with van der Waals surface area (Å²) in [5.74, 6) is -1.34. The molecule has 1 aromatic heterocycles. The van der Waals surface area contributed by atoms with Gasteiger partial charge in [0, 0.05) is 16.8 Å². The first-order valence-electron chi connectivity index (χ1n) is 7.05. The van der Waals surface area contributed by atoms with Crippen molar-refractivity contribution in [1.29, 1.82) is 0 Å². The number of hydrogen-bond acceptors (Lipinski definition) is 3. The van der Waals surface area contributed by atoms with Crippen molar-refractivity contribution in [3.8, 4) is 11.3 Å². The molecule has 0 aliphatic rings. The number of rotatable bonds is 4. The van der Waals surface area contributed by atoms with Crippen molar-refractivity contribution in [3.05, 3.63) is 71.7 Å². The molecule has 4 N–H and O–H groups in total. The molecule has 0 spiro atoms. The fourth-order valence-electron chi connectivity index (χ4n) is 2.16. The van der Waals surface area contributed by atoms with Gasteiger partial charge < -0.3 is 11.1 Å². The molecule has 0 atom stereocenters. The molecule has 0 saturated heterocycles. The number of nitrogens with zero attached hydrogens (tertiary/aromatic N) is 1. The number of hydrogen-bond donors (Lipinski definition) is 3. The minimum atomic E-state index is -0.578. The van der Waals surface area contributed by atoms with E-state index < -0.39 is 11.8 Å². The first kappa shape index (κ1) is 15.4.